The molecule has 2 aromatic rings. The van der Waals surface area contributed by atoms with Gasteiger partial charge in [0.05, 0.1) is 7.11 Å². The minimum Gasteiger partial charge on any atom is -0.481 e. The van der Waals surface area contributed by atoms with E-state index in [1.165, 1.54) is 6.07 Å². The minimum absolute atomic E-state index is 0. The van der Waals surface area contributed by atoms with E-state index in [0.717, 1.165) is 5.56 Å². The molecule has 2 rings (SSSR count). The molecule has 0 aliphatic carbocycles. The predicted molar refractivity (Wildman–Crippen MR) is 106 cm³/mol. The van der Waals surface area contributed by atoms with Crippen molar-refractivity contribution in [2.75, 3.05) is 14.2 Å². The van der Waals surface area contributed by atoms with Crippen LogP contribution >= 0.6 is 24.0 Å². The monoisotopic (exact) mass is 478 g/mol. The lowest BCUT2D eigenvalue weighted by Gasteiger charge is -2.14. The van der Waals surface area contributed by atoms with Crippen molar-refractivity contribution < 1.29 is 18.3 Å². The van der Waals surface area contributed by atoms with Gasteiger partial charge in [0.25, 0.3) is 0 Å². The molecule has 1 aromatic heterocycles. The van der Waals surface area contributed by atoms with Crippen LogP contribution in [0.1, 0.15) is 11.1 Å². The molecule has 0 saturated carbocycles. The largest absolute Gasteiger partial charge is 0.481 e. The van der Waals surface area contributed by atoms with Crippen LogP contribution in [0.4, 0.5) is 8.78 Å². The third kappa shape index (κ3) is 6.98. The summed E-state index contributed by atoms with van der Waals surface area (Å²) in [6.45, 7) is -2.06. The van der Waals surface area contributed by atoms with Crippen molar-refractivity contribution in [3.63, 3.8) is 0 Å². The normalized spacial score (nSPS) is 10.9. The Morgan fingerprint density at radius 3 is 2.62 bits per heavy atom. The van der Waals surface area contributed by atoms with Gasteiger partial charge in [-0.05, 0) is 17.7 Å². The highest BCUT2D eigenvalue weighted by molar-refractivity contribution is 14.0. The van der Waals surface area contributed by atoms with Crippen LogP contribution in [0.3, 0.4) is 0 Å². The maximum atomic E-state index is 12.4. The van der Waals surface area contributed by atoms with Crippen LogP contribution in [0, 0.1) is 0 Å². The van der Waals surface area contributed by atoms with E-state index in [9.17, 15) is 8.78 Å². The molecule has 9 heteroatoms. The second-order valence-electron chi connectivity index (χ2n) is 4.97. The van der Waals surface area contributed by atoms with Crippen molar-refractivity contribution in [1.82, 2.24) is 15.6 Å². The number of alkyl halides is 2. The fourth-order valence-corrected chi connectivity index (χ4v) is 2.12. The van der Waals surface area contributed by atoms with Crippen molar-refractivity contribution in [2.24, 2.45) is 4.99 Å². The summed E-state index contributed by atoms with van der Waals surface area (Å²) in [5.74, 6) is 1.20. The molecule has 1 heterocycles. The molecule has 0 atom stereocenters. The number of ether oxygens (including phenoxy) is 2. The van der Waals surface area contributed by atoms with Crippen LogP contribution < -0.4 is 20.1 Å². The summed E-state index contributed by atoms with van der Waals surface area (Å²) in [5, 5.41) is 6.20. The van der Waals surface area contributed by atoms with Gasteiger partial charge in [0.1, 0.15) is 5.75 Å². The fraction of sp³-hybridized carbons (Fsp3) is 0.294. The average molecular weight is 478 g/mol. The van der Waals surface area contributed by atoms with Crippen LogP contribution in [0.5, 0.6) is 11.6 Å². The zero-order valence-electron chi connectivity index (χ0n) is 14.4. The van der Waals surface area contributed by atoms with E-state index in [-0.39, 0.29) is 29.7 Å². The molecule has 142 valence electrons. The molecule has 26 heavy (non-hydrogen) atoms. The van der Waals surface area contributed by atoms with Crippen LogP contribution in [0.2, 0.25) is 0 Å². The summed E-state index contributed by atoms with van der Waals surface area (Å²) in [4.78, 5) is 8.15. The SMILES string of the molecule is CN=C(NCc1ccnc(OC)c1)NCc1ccccc1OC(F)F.I. The van der Waals surface area contributed by atoms with Gasteiger partial charge in [0.2, 0.25) is 5.88 Å². The van der Waals surface area contributed by atoms with Crippen molar-refractivity contribution in [3.8, 4) is 11.6 Å². The zero-order chi connectivity index (χ0) is 18.1. The van der Waals surface area contributed by atoms with Gasteiger partial charge >= 0.3 is 6.61 Å². The lowest BCUT2D eigenvalue weighted by atomic mass is 10.2. The van der Waals surface area contributed by atoms with Crippen LogP contribution in [0.25, 0.3) is 0 Å². The highest BCUT2D eigenvalue weighted by Gasteiger charge is 2.09. The summed E-state index contributed by atoms with van der Waals surface area (Å²) >= 11 is 0. The smallest absolute Gasteiger partial charge is 0.387 e. The van der Waals surface area contributed by atoms with Crippen LogP contribution in [0.15, 0.2) is 47.6 Å². The Bertz CT molecular complexity index is 717. The number of para-hydroxylation sites is 1. The molecule has 0 spiro atoms. The van der Waals surface area contributed by atoms with Crippen molar-refractivity contribution in [3.05, 3.63) is 53.7 Å². The number of nitrogens with one attached hydrogen (secondary N) is 2. The molecular weight excluding hydrogens is 457 g/mol. The summed E-state index contributed by atoms with van der Waals surface area (Å²) < 4.78 is 34.5. The third-order valence-corrected chi connectivity index (χ3v) is 3.33. The number of hydrogen-bond donors (Lipinski definition) is 2. The minimum atomic E-state index is -2.86. The number of pyridine rings is 1. The summed E-state index contributed by atoms with van der Waals surface area (Å²) in [6, 6.07) is 10.3. The molecule has 6 nitrogen and oxygen atoms in total. The van der Waals surface area contributed by atoms with Crippen molar-refractivity contribution in [1.29, 1.82) is 0 Å². The second kappa shape index (κ2) is 11.4. The molecule has 0 aliphatic heterocycles. The Balaban J connectivity index is 0.00000338. The average Bonchev–Trinajstić information content (AvgIpc) is 2.62. The number of methoxy groups -OCH3 is 1. The number of benzene rings is 1. The predicted octanol–water partition coefficient (Wildman–Crippen LogP) is 3.17. The van der Waals surface area contributed by atoms with Gasteiger partial charge in [-0.3, -0.25) is 4.99 Å². The first-order chi connectivity index (χ1) is 12.1. The number of aliphatic imine (C=N–C) groups is 1. The summed E-state index contributed by atoms with van der Waals surface area (Å²) in [6.07, 6.45) is 1.66. The number of hydrogen-bond acceptors (Lipinski definition) is 4. The van der Waals surface area contributed by atoms with Gasteiger partial charge in [-0.2, -0.15) is 8.78 Å². The molecule has 0 bridgehead atoms. The van der Waals surface area contributed by atoms with E-state index in [4.69, 9.17) is 4.74 Å². The summed E-state index contributed by atoms with van der Waals surface area (Å²) in [5.41, 5.74) is 1.58. The molecule has 0 saturated heterocycles. The number of aromatic nitrogens is 1. The van der Waals surface area contributed by atoms with Crippen LogP contribution in [-0.2, 0) is 13.1 Å². The Morgan fingerprint density at radius 2 is 1.92 bits per heavy atom. The van der Waals surface area contributed by atoms with E-state index in [1.54, 1.807) is 38.6 Å². The van der Waals surface area contributed by atoms with E-state index in [2.05, 4.69) is 25.3 Å². The third-order valence-electron chi connectivity index (χ3n) is 3.33. The van der Waals surface area contributed by atoms with Crippen LogP contribution in [-0.4, -0.2) is 31.7 Å². The quantitative estimate of drug-likeness (QED) is 0.364. The first-order valence-electron chi connectivity index (χ1n) is 7.58. The second-order valence-corrected chi connectivity index (χ2v) is 4.97. The molecule has 0 aliphatic rings. The summed E-state index contributed by atoms with van der Waals surface area (Å²) in [7, 11) is 3.18. The van der Waals surface area contributed by atoms with Gasteiger partial charge in [-0.15, -0.1) is 24.0 Å². The Morgan fingerprint density at radius 1 is 1.19 bits per heavy atom. The topological polar surface area (TPSA) is 67.8 Å². The first kappa shape index (κ1) is 21.9. The zero-order valence-corrected chi connectivity index (χ0v) is 16.7. The molecule has 0 fully saturated rings. The molecule has 0 amide bonds. The molecule has 0 radical (unpaired) electrons. The number of nitrogens with zero attached hydrogens (tertiary/aromatic N) is 2. The number of rotatable bonds is 7. The Hall–Kier alpha value is -2.17. The van der Waals surface area contributed by atoms with Crippen molar-refractivity contribution >= 4 is 29.9 Å². The number of halogens is 3. The standard InChI is InChI=1S/C17H20F2N4O2.HI/c1-20-17(22-10-12-7-8-21-15(9-12)24-2)23-11-13-5-3-4-6-14(13)25-16(18)19;/h3-9,16H,10-11H2,1-2H3,(H2,20,22,23);1H. The highest BCUT2D eigenvalue weighted by Crippen LogP contribution is 2.19. The lowest BCUT2D eigenvalue weighted by Crippen LogP contribution is -2.36. The van der Waals surface area contributed by atoms with Gasteiger partial charge in [-0.25, -0.2) is 4.98 Å². The van der Waals surface area contributed by atoms with Gasteiger partial charge in [0.15, 0.2) is 5.96 Å². The molecule has 0 unspecified atom stereocenters. The van der Waals surface area contributed by atoms with E-state index >= 15 is 0 Å². The van der Waals surface area contributed by atoms with E-state index in [0.29, 0.717) is 30.5 Å². The maximum absolute atomic E-state index is 12.4. The molecule has 2 N–H and O–H groups in total. The fourth-order valence-electron chi connectivity index (χ4n) is 2.12. The molecule has 1 aromatic carbocycles. The first-order valence-corrected chi connectivity index (χ1v) is 7.58. The Labute approximate surface area is 168 Å². The Kier molecular flexibility index (Phi) is 9.63. The molecular formula is C17H21F2IN4O2. The lowest BCUT2D eigenvalue weighted by molar-refractivity contribution is -0.0504. The van der Waals surface area contributed by atoms with Gasteiger partial charge in [-0.1, -0.05) is 18.2 Å². The van der Waals surface area contributed by atoms with Gasteiger partial charge in [0, 0.05) is 38.0 Å². The van der Waals surface area contributed by atoms with Crippen molar-refractivity contribution in [2.45, 2.75) is 19.7 Å². The maximum Gasteiger partial charge on any atom is 0.387 e. The van der Waals surface area contributed by atoms with E-state index < -0.39 is 6.61 Å². The number of guanidine groups is 1. The van der Waals surface area contributed by atoms with E-state index in [1.807, 2.05) is 12.1 Å². The van der Waals surface area contributed by atoms with Gasteiger partial charge < -0.3 is 20.1 Å². The highest BCUT2D eigenvalue weighted by atomic mass is 127.